The number of guanidine groups is 1. The molecule has 2 heterocycles. The third-order valence-electron chi connectivity index (χ3n) is 5.35. The summed E-state index contributed by atoms with van der Waals surface area (Å²) in [4.78, 5) is 7.32. The smallest absolute Gasteiger partial charge is 0.191 e. The fourth-order valence-corrected chi connectivity index (χ4v) is 3.80. The van der Waals surface area contributed by atoms with Crippen LogP contribution >= 0.6 is 0 Å². The van der Waals surface area contributed by atoms with Crippen molar-refractivity contribution in [2.75, 3.05) is 59.2 Å². The standard InChI is InChI=1S/C20H40N4O2/c1-3-19-8-5-6-12-24(19)13-11-23-20(21-4-2)22-10-7-14-25-16-18-9-15-26-17-18/h18-19H,3-17H2,1-2H3,(H2,21,22,23). The van der Waals surface area contributed by atoms with Crippen LogP contribution in [-0.4, -0.2) is 76.1 Å². The number of hydrogen-bond acceptors (Lipinski definition) is 4. The van der Waals surface area contributed by atoms with Crippen molar-refractivity contribution in [1.82, 2.24) is 15.5 Å². The van der Waals surface area contributed by atoms with Crippen LogP contribution in [0.15, 0.2) is 4.99 Å². The molecular formula is C20H40N4O2. The molecule has 0 aliphatic carbocycles. The molecule has 2 fully saturated rings. The minimum absolute atomic E-state index is 0.597. The van der Waals surface area contributed by atoms with Gasteiger partial charge in [-0.3, -0.25) is 9.89 Å². The van der Waals surface area contributed by atoms with Crippen molar-refractivity contribution >= 4 is 5.96 Å². The quantitative estimate of drug-likeness (QED) is 0.333. The van der Waals surface area contributed by atoms with E-state index in [1.165, 1.54) is 32.2 Å². The van der Waals surface area contributed by atoms with Gasteiger partial charge in [-0.2, -0.15) is 0 Å². The SMILES string of the molecule is CCNC(=NCCCOCC1CCOC1)NCCN1CCCCC1CC. The van der Waals surface area contributed by atoms with Crippen molar-refractivity contribution in [3.05, 3.63) is 0 Å². The summed E-state index contributed by atoms with van der Waals surface area (Å²) < 4.78 is 11.1. The van der Waals surface area contributed by atoms with Gasteiger partial charge >= 0.3 is 0 Å². The molecule has 0 spiro atoms. The van der Waals surface area contributed by atoms with Gasteiger partial charge in [0.15, 0.2) is 5.96 Å². The average molecular weight is 369 g/mol. The molecule has 2 aliphatic heterocycles. The minimum atomic E-state index is 0.597. The first-order valence-corrected chi connectivity index (χ1v) is 10.7. The Morgan fingerprint density at radius 3 is 2.92 bits per heavy atom. The van der Waals surface area contributed by atoms with Crippen molar-refractivity contribution in [2.45, 2.75) is 58.4 Å². The second kappa shape index (κ2) is 13.3. The summed E-state index contributed by atoms with van der Waals surface area (Å²) in [6.45, 7) is 12.8. The lowest BCUT2D eigenvalue weighted by molar-refractivity contribution is 0.0893. The van der Waals surface area contributed by atoms with Gasteiger partial charge in [-0.05, 0) is 45.6 Å². The third-order valence-corrected chi connectivity index (χ3v) is 5.35. The summed E-state index contributed by atoms with van der Waals surface area (Å²) >= 11 is 0. The van der Waals surface area contributed by atoms with Gasteiger partial charge in [-0.15, -0.1) is 0 Å². The highest BCUT2D eigenvalue weighted by molar-refractivity contribution is 5.79. The molecule has 0 aromatic heterocycles. The predicted octanol–water partition coefficient (Wildman–Crippen LogP) is 2.25. The van der Waals surface area contributed by atoms with E-state index in [1.807, 2.05) is 0 Å². The van der Waals surface area contributed by atoms with Crippen LogP contribution in [0.25, 0.3) is 0 Å². The first kappa shape index (κ1) is 21.5. The topological polar surface area (TPSA) is 58.1 Å². The Bertz CT molecular complexity index is 386. The van der Waals surface area contributed by atoms with E-state index in [9.17, 15) is 0 Å². The van der Waals surface area contributed by atoms with Crippen LogP contribution < -0.4 is 10.6 Å². The maximum atomic E-state index is 5.75. The van der Waals surface area contributed by atoms with Gasteiger partial charge in [-0.1, -0.05) is 13.3 Å². The molecule has 0 bridgehead atoms. The number of nitrogens with one attached hydrogen (secondary N) is 2. The highest BCUT2D eigenvalue weighted by Gasteiger charge is 2.20. The van der Waals surface area contributed by atoms with E-state index in [1.54, 1.807) is 0 Å². The van der Waals surface area contributed by atoms with Crippen molar-refractivity contribution in [2.24, 2.45) is 10.9 Å². The van der Waals surface area contributed by atoms with E-state index in [4.69, 9.17) is 9.47 Å². The van der Waals surface area contributed by atoms with Gasteiger partial charge in [0.2, 0.25) is 0 Å². The zero-order chi connectivity index (χ0) is 18.5. The molecule has 0 amide bonds. The van der Waals surface area contributed by atoms with E-state index in [0.29, 0.717) is 5.92 Å². The van der Waals surface area contributed by atoms with Crippen molar-refractivity contribution in [3.63, 3.8) is 0 Å². The molecule has 152 valence electrons. The number of nitrogens with zero attached hydrogens (tertiary/aromatic N) is 2. The lowest BCUT2D eigenvalue weighted by Crippen LogP contribution is -2.46. The molecule has 2 rings (SSSR count). The van der Waals surface area contributed by atoms with Crippen LogP contribution in [0, 0.1) is 5.92 Å². The predicted molar refractivity (Wildman–Crippen MR) is 108 cm³/mol. The summed E-state index contributed by atoms with van der Waals surface area (Å²) in [6, 6.07) is 0.771. The van der Waals surface area contributed by atoms with Crippen LogP contribution in [0.1, 0.15) is 52.4 Å². The van der Waals surface area contributed by atoms with Crippen LogP contribution in [-0.2, 0) is 9.47 Å². The Morgan fingerprint density at radius 1 is 1.23 bits per heavy atom. The minimum Gasteiger partial charge on any atom is -0.381 e. The van der Waals surface area contributed by atoms with Gasteiger partial charge in [0, 0.05) is 51.4 Å². The fraction of sp³-hybridized carbons (Fsp3) is 0.950. The number of rotatable bonds is 11. The molecule has 2 saturated heterocycles. The molecular weight excluding hydrogens is 328 g/mol. The molecule has 26 heavy (non-hydrogen) atoms. The molecule has 2 unspecified atom stereocenters. The van der Waals surface area contributed by atoms with Crippen LogP contribution in [0.3, 0.4) is 0 Å². The van der Waals surface area contributed by atoms with Crippen molar-refractivity contribution < 1.29 is 9.47 Å². The largest absolute Gasteiger partial charge is 0.381 e. The Kier molecular flexibility index (Phi) is 11.0. The van der Waals surface area contributed by atoms with E-state index in [2.05, 4.69) is 34.4 Å². The Labute approximate surface area is 160 Å². The maximum Gasteiger partial charge on any atom is 0.191 e. The second-order valence-corrected chi connectivity index (χ2v) is 7.44. The maximum absolute atomic E-state index is 5.75. The van der Waals surface area contributed by atoms with Gasteiger partial charge < -0.3 is 20.1 Å². The average Bonchev–Trinajstić information content (AvgIpc) is 3.18. The fourth-order valence-electron chi connectivity index (χ4n) is 3.80. The summed E-state index contributed by atoms with van der Waals surface area (Å²) in [5, 5.41) is 6.83. The van der Waals surface area contributed by atoms with Crippen LogP contribution in [0.4, 0.5) is 0 Å². The van der Waals surface area contributed by atoms with E-state index < -0.39 is 0 Å². The normalized spacial score (nSPS) is 24.8. The lowest BCUT2D eigenvalue weighted by Gasteiger charge is -2.35. The van der Waals surface area contributed by atoms with E-state index >= 15 is 0 Å². The molecule has 6 heteroatoms. The highest BCUT2D eigenvalue weighted by atomic mass is 16.5. The Hall–Kier alpha value is -0.850. The van der Waals surface area contributed by atoms with E-state index in [-0.39, 0.29) is 0 Å². The summed E-state index contributed by atoms with van der Waals surface area (Å²) in [5.41, 5.74) is 0. The van der Waals surface area contributed by atoms with Gasteiger partial charge in [-0.25, -0.2) is 0 Å². The number of ether oxygens (including phenoxy) is 2. The lowest BCUT2D eigenvalue weighted by atomic mass is 10.0. The first-order valence-electron chi connectivity index (χ1n) is 10.7. The second-order valence-electron chi connectivity index (χ2n) is 7.44. The van der Waals surface area contributed by atoms with E-state index in [0.717, 1.165) is 77.4 Å². The molecule has 2 atom stereocenters. The van der Waals surface area contributed by atoms with Gasteiger partial charge in [0.05, 0.1) is 13.2 Å². The first-order chi connectivity index (χ1) is 12.8. The third kappa shape index (κ3) is 8.23. The molecule has 0 radical (unpaired) electrons. The van der Waals surface area contributed by atoms with Gasteiger partial charge in [0.1, 0.15) is 0 Å². The van der Waals surface area contributed by atoms with Crippen molar-refractivity contribution in [3.8, 4) is 0 Å². The Morgan fingerprint density at radius 2 is 2.15 bits per heavy atom. The molecule has 6 nitrogen and oxygen atoms in total. The van der Waals surface area contributed by atoms with Gasteiger partial charge in [0.25, 0.3) is 0 Å². The number of hydrogen-bond donors (Lipinski definition) is 2. The van der Waals surface area contributed by atoms with Crippen LogP contribution in [0.2, 0.25) is 0 Å². The molecule has 0 aromatic carbocycles. The number of aliphatic imine (C=N–C) groups is 1. The zero-order valence-corrected chi connectivity index (χ0v) is 17.0. The summed E-state index contributed by atoms with van der Waals surface area (Å²) in [7, 11) is 0. The molecule has 2 N–H and O–H groups in total. The monoisotopic (exact) mass is 368 g/mol. The summed E-state index contributed by atoms with van der Waals surface area (Å²) in [5.74, 6) is 1.53. The Balaban J connectivity index is 1.57. The van der Waals surface area contributed by atoms with Crippen LogP contribution in [0.5, 0.6) is 0 Å². The number of likely N-dealkylation sites (tertiary alicyclic amines) is 1. The zero-order valence-electron chi connectivity index (χ0n) is 17.0. The molecule has 2 aliphatic rings. The number of piperidine rings is 1. The highest BCUT2D eigenvalue weighted by Crippen LogP contribution is 2.18. The summed E-state index contributed by atoms with van der Waals surface area (Å²) in [6.07, 6.45) is 7.47. The molecule has 0 aromatic rings. The van der Waals surface area contributed by atoms with Crippen molar-refractivity contribution in [1.29, 1.82) is 0 Å². The molecule has 0 saturated carbocycles.